The van der Waals surface area contributed by atoms with E-state index in [0.29, 0.717) is 23.6 Å². The number of ether oxygens (including phenoxy) is 1. The van der Waals surface area contributed by atoms with Crippen LogP contribution in [0.4, 0.5) is 4.39 Å². The number of carboxylic acid groups (broad SMARTS) is 1. The summed E-state index contributed by atoms with van der Waals surface area (Å²) in [6.07, 6.45) is 4.59. The molecule has 0 radical (unpaired) electrons. The summed E-state index contributed by atoms with van der Waals surface area (Å²) >= 11 is 5.67. The van der Waals surface area contributed by atoms with Gasteiger partial charge in [0.15, 0.2) is 5.82 Å². The molecule has 1 atom stereocenters. The van der Waals surface area contributed by atoms with Gasteiger partial charge in [0.2, 0.25) is 0 Å². The highest BCUT2D eigenvalue weighted by Crippen LogP contribution is 2.26. The summed E-state index contributed by atoms with van der Waals surface area (Å²) in [6.45, 7) is 0. The topological polar surface area (TPSA) is 111 Å². The van der Waals surface area contributed by atoms with Crippen LogP contribution in [0.5, 0.6) is 11.6 Å². The molecule has 0 amide bonds. The molecule has 29 heavy (non-hydrogen) atoms. The molecular formula is C19H17Cl2FN4O3. The SMILES string of the molecule is Cl.N[C@H](CC(=O)O)Cc1cncc(-c2ccc(Oc3ncc(Cl)cc3F)cc2)n1. The molecule has 0 aliphatic carbocycles. The highest BCUT2D eigenvalue weighted by molar-refractivity contribution is 6.30. The standard InChI is InChI=1S/C19H16ClFN4O3.ClH/c20-12-5-16(21)19(24-8-12)28-15-3-1-11(2-4-15)17-10-23-9-14(25-17)6-13(22)7-18(26)27;/h1-5,8-10,13H,6-7,22H2,(H,26,27);1H/t13-;/m0./s1. The van der Waals surface area contributed by atoms with Crippen LogP contribution in [0.15, 0.2) is 48.9 Å². The van der Waals surface area contributed by atoms with Crippen molar-refractivity contribution in [2.45, 2.75) is 18.9 Å². The molecule has 7 nitrogen and oxygen atoms in total. The zero-order chi connectivity index (χ0) is 20.1. The monoisotopic (exact) mass is 438 g/mol. The Balaban J connectivity index is 0.00000300. The number of pyridine rings is 1. The van der Waals surface area contributed by atoms with E-state index < -0.39 is 17.8 Å². The third-order valence-electron chi connectivity index (χ3n) is 3.73. The summed E-state index contributed by atoms with van der Waals surface area (Å²) in [5, 5.41) is 8.98. The summed E-state index contributed by atoms with van der Waals surface area (Å²) in [5.41, 5.74) is 7.76. The number of nitrogens with zero attached hydrogens (tertiary/aromatic N) is 3. The molecule has 3 aromatic rings. The van der Waals surface area contributed by atoms with Gasteiger partial charge in [-0.3, -0.25) is 9.78 Å². The van der Waals surface area contributed by atoms with Crippen LogP contribution in [-0.4, -0.2) is 32.1 Å². The molecule has 0 bridgehead atoms. The predicted octanol–water partition coefficient (Wildman–Crippen LogP) is 3.89. The summed E-state index contributed by atoms with van der Waals surface area (Å²) in [5.74, 6) is -1.40. The molecule has 0 aliphatic rings. The molecule has 0 aliphatic heterocycles. The van der Waals surface area contributed by atoms with Crippen molar-refractivity contribution < 1.29 is 19.0 Å². The van der Waals surface area contributed by atoms with Crippen LogP contribution in [0.2, 0.25) is 5.02 Å². The van der Waals surface area contributed by atoms with E-state index in [0.717, 1.165) is 11.6 Å². The minimum atomic E-state index is -0.959. The Morgan fingerprint density at radius 1 is 1.24 bits per heavy atom. The second kappa shape index (κ2) is 10.1. The van der Waals surface area contributed by atoms with Gasteiger partial charge in [0.25, 0.3) is 5.88 Å². The highest BCUT2D eigenvalue weighted by atomic mass is 35.5. The smallest absolute Gasteiger partial charge is 0.304 e. The van der Waals surface area contributed by atoms with E-state index >= 15 is 0 Å². The molecule has 2 aromatic heterocycles. The number of carbonyl (C=O) groups is 1. The molecular weight excluding hydrogens is 422 g/mol. The summed E-state index contributed by atoms with van der Waals surface area (Å²) < 4.78 is 19.2. The van der Waals surface area contributed by atoms with Crippen molar-refractivity contribution in [3.8, 4) is 22.9 Å². The molecule has 3 N–H and O–H groups in total. The van der Waals surface area contributed by atoms with Gasteiger partial charge in [-0.05, 0) is 30.3 Å². The van der Waals surface area contributed by atoms with Gasteiger partial charge >= 0.3 is 5.97 Å². The van der Waals surface area contributed by atoms with Crippen molar-refractivity contribution in [1.82, 2.24) is 15.0 Å². The van der Waals surface area contributed by atoms with Crippen molar-refractivity contribution >= 4 is 30.0 Å². The average Bonchev–Trinajstić information content (AvgIpc) is 2.64. The Morgan fingerprint density at radius 3 is 2.62 bits per heavy atom. The van der Waals surface area contributed by atoms with Crippen molar-refractivity contribution in [1.29, 1.82) is 0 Å². The lowest BCUT2D eigenvalue weighted by molar-refractivity contribution is -0.137. The van der Waals surface area contributed by atoms with E-state index in [2.05, 4.69) is 15.0 Å². The Kier molecular flexibility index (Phi) is 7.83. The van der Waals surface area contributed by atoms with Crippen LogP contribution >= 0.6 is 24.0 Å². The highest BCUT2D eigenvalue weighted by Gasteiger charge is 2.12. The van der Waals surface area contributed by atoms with Crippen molar-refractivity contribution in [3.05, 3.63) is 65.5 Å². The lowest BCUT2D eigenvalue weighted by atomic mass is 10.1. The summed E-state index contributed by atoms with van der Waals surface area (Å²) in [6, 6.07) is 7.36. The molecule has 0 fully saturated rings. The Labute approximate surface area is 177 Å². The van der Waals surface area contributed by atoms with Gasteiger partial charge in [-0.15, -0.1) is 12.4 Å². The lowest BCUT2D eigenvalue weighted by Gasteiger charge is -2.10. The van der Waals surface area contributed by atoms with Crippen LogP contribution in [0.3, 0.4) is 0 Å². The van der Waals surface area contributed by atoms with Crippen LogP contribution < -0.4 is 10.5 Å². The first kappa shape index (κ1) is 22.5. The first-order chi connectivity index (χ1) is 13.4. The van der Waals surface area contributed by atoms with E-state index in [1.807, 2.05) is 0 Å². The van der Waals surface area contributed by atoms with Gasteiger partial charge in [-0.25, -0.2) is 14.4 Å². The Morgan fingerprint density at radius 2 is 1.97 bits per heavy atom. The van der Waals surface area contributed by atoms with Crippen LogP contribution in [0, 0.1) is 5.82 Å². The quantitative estimate of drug-likeness (QED) is 0.575. The van der Waals surface area contributed by atoms with Crippen molar-refractivity contribution in [2.24, 2.45) is 5.73 Å². The molecule has 0 saturated heterocycles. The molecule has 10 heteroatoms. The van der Waals surface area contributed by atoms with Gasteiger partial charge in [0.1, 0.15) is 5.75 Å². The van der Waals surface area contributed by atoms with Gasteiger partial charge in [-0.1, -0.05) is 11.6 Å². The zero-order valence-corrected chi connectivity index (χ0v) is 16.5. The Bertz CT molecular complexity index is 989. The van der Waals surface area contributed by atoms with Gasteiger partial charge in [-0.2, -0.15) is 0 Å². The molecule has 2 heterocycles. The average molecular weight is 439 g/mol. The predicted molar refractivity (Wildman–Crippen MR) is 108 cm³/mol. The lowest BCUT2D eigenvalue weighted by Crippen LogP contribution is -2.26. The number of halogens is 3. The number of rotatable bonds is 7. The largest absolute Gasteiger partial charge is 0.481 e. The van der Waals surface area contributed by atoms with E-state index in [4.69, 9.17) is 27.2 Å². The number of aromatic nitrogens is 3. The zero-order valence-electron chi connectivity index (χ0n) is 15.0. The molecule has 0 saturated carbocycles. The van der Waals surface area contributed by atoms with E-state index in [1.165, 1.54) is 6.20 Å². The number of hydrogen-bond acceptors (Lipinski definition) is 6. The maximum atomic E-state index is 13.8. The number of aliphatic carboxylic acids is 1. The maximum absolute atomic E-state index is 13.8. The first-order valence-electron chi connectivity index (χ1n) is 8.28. The van der Waals surface area contributed by atoms with Crippen molar-refractivity contribution in [3.63, 3.8) is 0 Å². The van der Waals surface area contributed by atoms with Crippen molar-refractivity contribution in [2.75, 3.05) is 0 Å². The van der Waals surface area contributed by atoms with E-state index in [-0.39, 0.29) is 29.7 Å². The van der Waals surface area contributed by atoms with Gasteiger partial charge in [0, 0.05) is 30.4 Å². The minimum Gasteiger partial charge on any atom is -0.481 e. The molecule has 1 aromatic carbocycles. The molecule has 152 valence electrons. The van der Waals surface area contributed by atoms with Crippen LogP contribution in [0.25, 0.3) is 11.3 Å². The second-order valence-corrected chi connectivity index (χ2v) is 6.46. The fourth-order valence-electron chi connectivity index (χ4n) is 2.49. The molecule has 3 rings (SSSR count). The van der Waals surface area contributed by atoms with Gasteiger partial charge < -0.3 is 15.6 Å². The minimum absolute atomic E-state index is 0. The van der Waals surface area contributed by atoms with Crippen LogP contribution in [0.1, 0.15) is 12.1 Å². The summed E-state index contributed by atoms with van der Waals surface area (Å²) in [7, 11) is 0. The second-order valence-electron chi connectivity index (χ2n) is 6.02. The number of hydrogen-bond donors (Lipinski definition) is 2. The maximum Gasteiger partial charge on any atom is 0.304 e. The number of nitrogens with two attached hydrogens (primary N) is 1. The van der Waals surface area contributed by atoms with E-state index in [9.17, 15) is 9.18 Å². The normalized spacial score (nSPS) is 11.4. The Hall–Kier alpha value is -2.81. The fraction of sp³-hybridized carbons (Fsp3) is 0.158. The first-order valence-corrected chi connectivity index (χ1v) is 8.66. The van der Waals surface area contributed by atoms with Gasteiger partial charge in [0.05, 0.1) is 29.0 Å². The molecule has 0 spiro atoms. The van der Waals surface area contributed by atoms with E-state index in [1.54, 1.807) is 36.7 Å². The number of benzene rings is 1. The summed E-state index contributed by atoms with van der Waals surface area (Å²) in [4.78, 5) is 23.1. The third kappa shape index (κ3) is 6.35. The van der Waals surface area contributed by atoms with Crippen LogP contribution in [-0.2, 0) is 11.2 Å². The molecule has 0 unspecified atom stereocenters. The third-order valence-corrected chi connectivity index (χ3v) is 3.94. The fourth-order valence-corrected chi connectivity index (χ4v) is 2.64. The number of carboxylic acids is 1.